The summed E-state index contributed by atoms with van der Waals surface area (Å²) < 4.78 is 6.06. The van der Waals surface area contributed by atoms with Gasteiger partial charge < -0.3 is 19.3 Å². The third kappa shape index (κ3) is 4.13. The maximum atomic E-state index is 9.37. The number of aliphatic hydroxyl groups is 1. The average molecular weight is 373 g/mol. The number of anilines is 1. The van der Waals surface area contributed by atoms with Crippen LogP contribution in [-0.2, 0) is 0 Å². The highest BCUT2D eigenvalue weighted by molar-refractivity contribution is 5.75. The van der Waals surface area contributed by atoms with Crippen molar-refractivity contribution in [1.29, 1.82) is 0 Å². The quantitative estimate of drug-likeness (QED) is 0.870. The fraction of sp³-hybridized carbons (Fsp3) is 0.667. The van der Waals surface area contributed by atoms with Crippen LogP contribution in [0, 0.1) is 12.8 Å². The van der Waals surface area contributed by atoms with Gasteiger partial charge >= 0.3 is 0 Å². The Balaban J connectivity index is 1.49. The highest BCUT2D eigenvalue weighted by Gasteiger charge is 2.35. The Bertz CT molecular complexity index is 754. The lowest BCUT2D eigenvalue weighted by atomic mass is 9.87. The molecule has 2 aliphatic heterocycles. The van der Waals surface area contributed by atoms with Gasteiger partial charge in [-0.15, -0.1) is 0 Å². The molecule has 2 saturated heterocycles. The molecule has 148 valence electrons. The van der Waals surface area contributed by atoms with Crippen LogP contribution >= 0.6 is 0 Å². The number of oxazole rings is 1. The molecule has 0 unspecified atom stereocenters. The predicted molar refractivity (Wildman–Crippen MR) is 108 cm³/mol. The zero-order valence-corrected chi connectivity index (χ0v) is 16.6. The first-order valence-corrected chi connectivity index (χ1v) is 10.3. The van der Waals surface area contributed by atoms with E-state index in [1.807, 2.05) is 6.07 Å². The standard InChI is InChI=1S/C21H32N4O2/c1-16-5-6-20-18(14-16)22-21(27-20)25-8-7-19(17(15-25)4-3-13-26)24-11-9-23(2)10-12-24/h5-6,14,17,19,26H,3-4,7-13,15H2,1-2H3/t17-,19+/m0/s1. The predicted octanol–water partition coefficient (Wildman–Crippen LogP) is 2.35. The largest absolute Gasteiger partial charge is 0.423 e. The van der Waals surface area contributed by atoms with E-state index in [9.17, 15) is 5.11 Å². The summed E-state index contributed by atoms with van der Waals surface area (Å²) in [4.78, 5) is 12.1. The summed E-state index contributed by atoms with van der Waals surface area (Å²) in [5.41, 5.74) is 3.01. The summed E-state index contributed by atoms with van der Waals surface area (Å²) in [5.74, 6) is 0.547. The molecule has 4 rings (SSSR count). The van der Waals surface area contributed by atoms with Crippen LogP contribution in [0.3, 0.4) is 0 Å². The van der Waals surface area contributed by atoms with Crippen molar-refractivity contribution in [2.45, 2.75) is 32.2 Å². The van der Waals surface area contributed by atoms with Gasteiger partial charge in [0.25, 0.3) is 6.01 Å². The van der Waals surface area contributed by atoms with Crippen molar-refractivity contribution in [3.8, 4) is 0 Å². The van der Waals surface area contributed by atoms with E-state index in [4.69, 9.17) is 9.40 Å². The van der Waals surface area contributed by atoms with E-state index < -0.39 is 0 Å². The number of aliphatic hydroxyl groups excluding tert-OH is 1. The molecule has 6 heteroatoms. The summed E-state index contributed by atoms with van der Waals surface area (Å²) in [7, 11) is 2.21. The molecular formula is C21H32N4O2. The molecule has 2 aromatic rings. The van der Waals surface area contributed by atoms with Crippen molar-refractivity contribution in [3.63, 3.8) is 0 Å². The molecule has 2 fully saturated rings. The summed E-state index contributed by atoms with van der Waals surface area (Å²) in [6.07, 6.45) is 3.07. The van der Waals surface area contributed by atoms with Crippen LogP contribution < -0.4 is 4.90 Å². The van der Waals surface area contributed by atoms with Gasteiger partial charge in [-0.1, -0.05) is 6.07 Å². The molecule has 0 spiro atoms. The lowest BCUT2D eigenvalue weighted by Gasteiger charge is -2.46. The van der Waals surface area contributed by atoms with E-state index in [1.165, 1.54) is 5.56 Å². The number of hydrogen-bond acceptors (Lipinski definition) is 6. The first-order chi connectivity index (χ1) is 13.1. The fourth-order valence-electron chi connectivity index (χ4n) is 4.63. The van der Waals surface area contributed by atoms with E-state index in [0.29, 0.717) is 12.0 Å². The van der Waals surface area contributed by atoms with Crippen molar-refractivity contribution in [2.75, 3.05) is 57.8 Å². The van der Waals surface area contributed by atoms with Gasteiger partial charge in [-0.2, -0.15) is 4.98 Å². The minimum absolute atomic E-state index is 0.272. The smallest absolute Gasteiger partial charge is 0.298 e. The molecule has 6 nitrogen and oxygen atoms in total. The van der Waals surface area contributed by atoms with Gasteiger partial charge in [-0.3, -0.25) is 4.90 Å². The number of nitrogens with zero attached hydrogens (tertiary/aromatic N) is 4. The number of fused-ring (bicyclic) bond motifs is 1. The number of rotatable bonds is 5. The second-order valence-corrected chi connectivity index (χ2v) is 8.23. The Labute approximate surface area is 161 Å². The first-order valence-electron chi connectivity index (χ1n) is 10.3. The van der Waals surface area contributed by atoms with E-state index in [0.717, 1.165) is 75.6 Å². The van der Waals surface area contributed by atoms with Crippen LogP contribution in [0.25, 0.3) is 11.1 Å². The molecule has 27 heavy (non-hydrogen) atoms. The normalized spacial score (nSPS) is 25.4. The van der Waals surface area contributed by atoms with Crippen LogP contribution in [0.4, 0.5) is 6.01 Å². The van der Waals surface area contributed by atoms with E-state index >= 15 is 0 Å². The third-order valence-corrected chi connectivity index (χ3v) is 6.24. The molecular weight excluding hydrogens is 340 g/mol. The number of benzene rings is 1. The second kappa shape index (κ2) is 8.17. The van der Waals surface area contributed by atoms with Crippen LogP contribution in [0.5, 0.6) is 0 Å². The van der Waals surface area contributed by atoms with Gasteiger partial charge in [0, 0.05) is 51.9 Å². The SMILES string of the molecule is Cc1ccc2oc(N3CC[C@@H](N4CCN(C)CC4)[C@@H](CCCO)C3)nc2c1. The lowest BCUT2D eigenvalue weighted by Crippen LogP contribution is -2.56. The number of aromatic nitrogens is 1. The van der Waals surface area contributed by atoms with Crippen LogP contribution in [0.15, 0.2) is 22.6 Å². The molecule has 0 bridgehead atoms. The summed E-state index contributed by atoms with van der Waals surface area (Å²) in [6.45, 7) is 8.91. The van der Waals surface area contributed by atoms with Gasteiger partial charge in [-0.05, 0) is 56.8 Å². The molecule has 0 aliphatic carbocycles. The molecule has 3 heterocycles. The number of piperazine rings is 1. The minimum Gasteiger partial charge on any atom is -0.423 e. The van der Waals surface area contributed by atoms with Crippen molar-refractivity contribution >= 4 is 17.1 Å². The highest BCUT2D eigenvalue weighted by Crippen LogP contribution is 2.31. The van der Waals surface area contributed by atoms with Gasteiger partial charge in [0.05, 0.1) is 0 Å². The molecule has 1 aromatic heterocycles. The molecule has 1 N–H and O–H groups in total. The Morgan fingerprint density at radius 3 is 2.78 bits per heavy atom. The van der Waals surface area contributed by atoms with Gasteiger partial charge in [0.15, 0.2) is 5.58 Å². The van der Waals surface area contributed by atoms with Gasteiger partial charge in [0.2, 0.25) is 0 Å². The van der Waals surface area contributed by atoms with E-state index in [2.05, 4.69) is 40.8 Å². The first kappa shape index (κ1) is 18.7. The zero-order valence-electron chi connectivity index (χ0n) is 16.6. The van der Waals surface area contributed by atoms with Crippen molar-refractivity contribution < 1.29 is 9.52 Å². The fourth-order valence-corrected chi connectivity index (χ4v) is 4.63. The number of piperidine rings is 1. The number of aryl methyl sites for hydroxylation is 1. The highest BCUT2D eigenvalue weighted by atomic mass is 16.4. The number of hydrogen-bond donors (Lipinski definition) is 1. The molecule has 0 amide bonds. The maximum Gasteiger partial charge on any atom is 0.298 e. The lowest BCUT2D eigenvalue weighted by molar-refractivity contribution is 0.0631. The Hall–Kier alpha value is -1.63. The van der Waals surface area contributed by atoms with Crippen LogP contribution in [0.1, 0.15) is 24.8 Å². The van der Waals surface area contributed by atoms with Crippen molar-refractivity contribution in [1.82, 2.24) is 14.8 Å². The second-order valence-electron chi connectivity index (χ2n) is 8.23. The van der Waals surface area contributed by atoms with Gasteiger partial charge in [0.1, 0.15) is 5.52 Å². The Morgan fingerprint density at radius 1 is 1.19 bits per heavy atom. The molecule has 2 aliphatic rings. The Morgan fingerprint density at radius 2 is 2.00 bits per heavy atom. The van der Waals surface area contributed by atoms with Crippen molar-refractivity contribution in [3.05, 3.63) is 23.8 Å². The van der Waals surface area contributed by atoms with E-state index in [-0.39, 0.29) is 6.61 Å². The molecule has 1 aromatic carbocycles. The monoisotopic (exact) mass is 372 g/mol. The molecule has 0 saturated carbocycles. The van der Waals surface area contributed by atoms with Crippen LogP contribution in [0.2, 0.25) is 0 Å². The molecule has 0 radical (unpaired) electrons. The summed E-state index contributed by atoms with van der Waals surface area (Å²) in [6, 6.07) is 7.53. The van der Waals surface area contributed by atoms with Crippen molar-refractivity contribution in [2.24, 2.45) is 5.92 Å². The molecule has 2 atom stereocenters. The van der Waals surface area contributed by atoms with Gasteiger partial charge in [-0.25, -0.2) is 0 Å². The summed E-state index contributed by atoms with van der Waals surface area (Å²) >= 11 is 0. The Kier molecular flexibility index (Phi) is 5.66. The zero-order chi connectivity index (χ0) is 18.8. The summed E-state index contributed by atoms with van der Waals surface area (Å²) in [5, 5.41) is 9.37. The third-order valence-electron chi connectivity index (χ3n) is 6.24. The van der Waals surface area contributed by atoms with Crippen LogP contribution in [-0.4, -0.2) is 78.9 Å². The minimum atomic E-state index is 0.272. The number of likely N-dealkylation sites (N-methyl/N-ethyl adjacent to an activating group) is 1. The average Bonchev–Trinajstić information content (AvgIpc) is 3.10. The maximum absolute atomic E-state index is 9.37. The topological polar surface area (TPSA) is 56.0 Å². The van der Waals surface area contributed by atoms with E-state index in [1.54, 1.807) is 0 Å².